The molecule has 0 saturated carbocycles. The monoisotopic (exact) mass is 357 g/mol. The Balaban J connectivity index is 0.000000160. The van der Waals surface area contributed by atoms with Crippen molar-refractivity contribution in [3.8, 4) is 0 Å². The number of allylic oxidation sites excluding steroid dienone is 8. The number of hydrogen-bond donors (Lipinski definition) is 0. The Kier molecular flexibility index (Phi) is 5.98. The number of rotatable bonds is 3. The van der Waals surface area contributed by atoms with Crippen molar-refractivity contribution in [1.82, 2.24) is 0 Å². The Morgan fingerprint density at radius 3 is 1.82 bits per heavy atom. The minimum absolute atomic E-state index is 0.178. The fraction of sp³-hybridized carbons (Fsp3) is 0.176. The van der Waals surface area contributed by atoms with Gasteiger partial charge in [-0.1, -0.05) is 17.7 Å². The van der Waals surface area contributed by atoms with Crippen molar-refractivity contribution in [3.63, 3.8) is 0 Å². The molecule has 0 amide bonds. The van der Waals surface area contributed by atoms with Crippen molar-refractivity contribution in [2.45, 2.75) is 24.7 Å². The van der Waals surface area contributed by atoms with Crippen LogP contribution in [-0.4, -0.2) is 13.0 Å². The fourth-order valence-electron chi connectivity index (χ4n) is 1.81. The Bertz CT molecular complexity index is 711. The minimum Gasteiger partial charge on any atom is -0.744 e. The van der Waals surface area contributed by atoms with E-state index in [1.165, 1.54) is 27.1 Å². The minimum atomic E-state index is -4.27. The molecule has 2 aliphatic rings. The molecule has 0 heterocycles. The first-order valence-electron chi connectivity index (χ1n) is 6.81. The first-order chi connectivity index (χ1) is 10.4. The molecule has 0 fully saturated rings. The molecule has 0 bridgehead atoms. The largest absolute Gasteiger partial charge is 0.744 e. The molecule has 0 aliphatic heterocycles. The van der Waals surface area contributed by atoms with Crippen molar-refractivity contribution in [2.75, 3.05) is 0 Å². The standard InChI is InChI=1S/C7H8O3S.2C5H5.Fe/c1-6-2-4-7(5-3-6)11(8,9)10;2*1-2-4-5-3-1;/h2-5H,1H3,(H,8,9,10);2*1-3H,4H2;/q;;;+1/p-1. The van der Waals surface area contributed by atoms with Gasteiger partial charge in [-0.2, -0.15) is 0 Å². The Morgan fingerprint density at radius 2 is 1.45 bits per heavy atom. The van der Waals surface area contributed by atoms with Crippen LogP contribution in [0.25, 0.3) is 0 Å². The van der Waals surface area contributed by atoms with E-state index in [2.05, 4.69) is 36.5 Å². The summed E-state index contributed by atoms with van der Waals surface area (Å²) in [5, 5.41) is 0. The first-order valence-corrected chi connectivity index (χ1v) is 9.33. The predicted octanol–water partition coefficient (Wildman–Crippen LogP) is 3.66. The fourth-order valence-corrected chi connectivity index (χ4v) is 3.62. The van der Waals surface area contributed by atoms with E-state index in [1.54, 1.807) is 21.1 Å². The zero-order valence-corrected chi connectivity index (χ0v) is 14.1. The summed E-state index contributed by atoms with van der Waals surface area (Å²) in [6.45, 7) is 1.82. The summed E-state index contributed by atoms with van der Waals surface area (Å²) >= 11 is 1.18. The number of aryl methyl sites for hydroxylation is 1. The van der Waals surface area contributed by atoms with Gasteiger partial charge in [-0.15, -0.1) is 0 Å². The summed E-state index contributed by atoms with van der Waals surface area (Å²) in [5.41, 5.74) is 0.928. The predicted molar refractivity (Wildman–Crippen MR) is 82.8 cm³/mol. The molecule has 1 aromatic rings. The smallest absolute Gasteiger partial charge is 0.124 e. The van der Waals surface area contributed by atoms with Gasteiger partial charge in [-0.25, -0.2) is 8.42 Å². The van der Waals surface area contributed by atoms with Gasteiger partial charge in [-0.3, -0.25) is 0 Å². The molecule has 0 saturated heterocycles. The van der Waals surface area contributed by atoms with Gasteiger partial charge in [0.25, 0.3) is 0 Å². The summed E-state index contributed by atoms with van der Waals surface area (Å²) in [4.78, 5) is -0.178. The van der Waals surface area contributed by atoms with E-state index < -0.39 is 10.1 Å². The van der Waals surface area contributed by atoms with Gasteiger partial charge in [0.1, 0.15) is 10.1 Å². The van der Waals surface area contributed by atoms with E-state index in [4.69, 9.17) is 0 Å². The molecule has 0 radical (unpaired) electrons. The summed E-state index contributed by atoms with van der Waals surface area (Å²) in [5.74, 6) is 0. The zero-order chi connectivity index (χ0) is 16.0. The van der Waals surface area contributed by atoms with Gasteiger partial charge in [0, 0.05) is 0 Å². The molecule has 2 aliphatic carbocycles. The molecule has 3 nitrogen and oxygen atoms in total. The molecule has 0 spiro atoms. The Morgan fingerprint density at radius 1 is 0.955 bits per heavy atom. The SMILES string of the molecule is C1=CC[C]([Fe+][C]2=CC=CC2)=C1.Cc1ccc(S(=O)(=O)[O-])cc1. The van der Waals surface area contributed by atoms with Crippen LogP contribution in [0.3, 0.4) is 0 Å². The molecule has 0 N–H and O–H groups in total. The van der Waals surface area contributed by atoms with E-state index in [1.807, 2.05) is 6.92 Å². The van der Waals surface area contributed by atoms with Crippen LogP contribution in [0.2, 0.25) is 0 Å². The third kappa shape index (κ3) is 5.43. The normalized spacial score (nSPS) is 16.1. The molecule has 22 heavy (non-hydrogen) atoms. The second-order valence-corrected chi connectivity index (χ2v) is 7.89. The summed E-state index contributed by atoms with van der Waals surface area (Å²) in [7, 11) is -4.27. The van der Waals surface area contributed by atoms with Crippen LogP contribution in [0.5, 0.6) is 0 Å². The van der Waals surface area contributed by atoms with Gasteiger partial charge >= 0.3 is 73.2 Å². The van der Waals surface area contributed by atoms with Gasteiger partial charge in [-0.05, 0) is 19.1 Å². The van der Waals surface area contributed by atoms with Crippen molar-refractivity contribution in [2.24, 2.45) is 0 Å². The molecule has 0 unspecified atom stereocenters. The summed E-state index contributed by atoms with van der Waals surface area (Å²) in [6.07, 6.45) is 15.5. The van der Waals surface area contributed by atoms with Crippen LogP contribution >= 0.6 is 0 Å². The third-order valence-electron chi connectivity index (χ3n) is 2.97. The Hall–Kier alpha value is -1.39. The second-order valence-electron chi connectivity index (χ2n) is 4.82. The van der Waals surface area contributed by atoms with Crippen LogP contribution in [0.15, 0.2) is 74.6 Å². The number of hydrogen-bond acceptors (Lipinski definition) is 3. The maximum atomic E-state index is 10.4. The molecular formula is C17H17FeO3S. The van der Waals surface area contributed by atoms with Crippen LogP contribution in [0.1, 0.15) is 18.4 Å². The zero-order valence-electron chi connectivity index (χ0n) is 12.2. The molecule has 0 aromatic heterocycles. The average molecular weight is 357 g/mol. The Labute approximate surface area is 138 Å². The maximum absolute atomic E-state index is 10.4. The van der Waals surface area contributed by atoms with Gasteiger partial charge in [0.15, 0.2) is 0 Å². The van der Waals surface area contributed by atoms with E-state index >= 15 is 0 Å². The third-order valence-corrected chi connectivity index (χ3v) is 5.35. The van der Waals surface area contributed by atoms with Crippen molar-refractivity contribution in [3.05, 3.63) is 75.2 Å². The van der Waals surface area contributed by atoms with Crippen LogP contribution in [0.4, 0.5) is 0 Å². The quantitative estimate of drug-likeness (QED) is 0.613. The van der Waals surface area contributed by atoms with E-state index in [0.717, 1.165) is 18.4 Å². The molecule has 0 atom stereocenters. The van der Waals surface area contributed by atoms with E-state index in [0.29, 0.717) is 0 Å². The molecule has 5 heteroatoms. The van der Waals surface area contributed by atoms with Crippen LogP contribution < -0.4 is 0 Å². The summed E-state index contributed by atoms with van der Waals surface area (Å²) in [6, 6.07) is 5.78. The van der Waals surface area contributed by atoms with Crippen LogP contribution in [-0.2, 0) is 25.1 Å². The molecule has 1 aromatic carbocycles. The van der Waals surface area contributed by atoms with Crippen molar-refractivity contribution >= 4 is 10.1 Å². The average Bonchev–Trinajstić information content (AvgIpc) is 3.13. The van der Waals surface area contributed by atoms with Gasteiger partial charge in [0.05, 0.1) is 4.90 Å². The van der Waals surface area contributed by atoms with Crippen molar-refractivity contribution < 1.29 is 27.9 Å². The topological polar surface area (TPSA) is 57.2 Å². The van der Waals surface area contributed by atoms with Gasteiger partial charge in [0.2, 0.25) is 0 Å². The second kappa shape index (κ2) is 7.75. The maximum Gasteiger partial charge on any atom is 0.124 e. The van der Waals surface area contributed by atoms with Crippen LogP contribution in [0, 0.1) is 6.92 Å². The number of benzene rings is 1. The first kappa shape index (κ1) is 17.0. The van der Waals surface area contributed by atoms with Crippen molar-refractivity contribution in [1.29, 1.82) is 0 Å². The molecule has 117 valence electrons. The summed E-state index contributed by atoms with van der Waals surface area (Å²) < 4.78 is 34.3. The van der Waals surface area contributed by atoms with E-state index in [-0.39, 0.29) is 4.90 Å². The van der Waals surface area contributed by atoms with E-state index in [9.17, 15) is 13.0 Å². The van der Waals surface area contributed by atoms with Gasteiger partial charge < -0.3 is 4.55 Å². The molecule has 3 rings (SSSR count). The molecular weight excluding hydrogens is 340 g/mol.